The number of pyridine rings is 1. The van der Waals surface area contributed by atoms with Crippen LogP contribution < -0.4 is 10.1 Å². The van der Waals surface area contributed by atoms with E-state index in [1.165, 1.54) is 48.5 Å². The third-order valence-electron chi connectivity index (χ3n) is 6.00. The summed E-state index contributed by atoms with van der Waals surface area (Å²) in [6, 6.07) is 9.72. The largest absolute Gasteiger partial charge is 0.489 e. The molecule has 0 atom stereocenters. The van der Waals surface area contributed by atoms with Crippen molar-refractivity contribution in [2.75, 3.05) is 25.0 Å². The first-order chi connectivity index (χ1) is 15.0. The molecule has 1 saturated heterocycles. The molecule has 0 unspecified atom stereocenters. The molecular formula is C23H29N3O4S. The van der Waals surface area contributed by atoms with Gasteiger partial charge in [0.15, 0.2) is 11.6 Å². The van der Waals surface area contributed by atoms with Gasteiger partial charge in [0, 0.05) is 24.8 Å². The van der Waals surface area contributed by atoms with Gasteiger partial charge in [0.05, 0.1) is 11.5 Å². The molecule has 8 heteroatoms. The molecule has 31 heavy (non-hydrogen) atoms. The Kier molecular flexibility index (Phi) is 6.87. The molecule has 1 amide bonds. The number of carbonyl (C=O) groups excluding carboxylic acids is 1. The smallest absolute Gasteiger partial charge is 0.256 e. The van der Waals surface area contributed by atoms with Crippen molar-refractivity contribution in [1.29, 1.82) is 0 Å². The van der Waals surface area contributed by atoms with Crippen molar-refractivity contribution in [1.82, 2.24) is 9.29 Å². The van der Waals surface area contributed by atoms with E-state index in [2.05, 4.69) is 10.3 Å². The van der Waals surface area contributed by atoms with Crippen LogP contribution in [0.4, 0.5) is 5.82 Å². The Balaban J connectivity index is 1.46. The Hall–Kier alpha value is -2.45. The van der Waals surface area contributed by atoms with Crippen LogP contribution in [-0.2, 0) is 10.0 Å². The Morgan fingerprint density at radius 2 is 1.84 bits per heavy atom. The average Bonchev–Trinajstić information content (AvgIpc) is 3.35. The lowest BCUT2D eigenvalue weighted by Gasteiger charge is -2.22. The summed E-state index contributed by atoms with van der Waals surface area (Å²) in [7, 11) is -3.58. The van der Waals surface area contributed by atoms with Crippen molar-refractivity contribution < 1.29 is 17.9 Å². The first kappa shape index (κ1) is 21.8. The Morgan fingerprint density at radius 1 is 1.06 bits per heavy atom. The molecule has 1 aromatic heterocycles. The summed E-state index contributed by atoms with van der Waals surface area (Å²) in [6.45, 7) is 1.65. The van der Waals surface area contributed by atoms with E-state index in [4.69, 9.17) is 4.74 Å². The molecule has 1 aliphatic carbocycles. The van der Waals surface area contributed by atoms with E-state index in [0.29, 0.717) is 37.2 Å². The van der Waals surface area contributed by atoms with Gasteiger partial charge < -0.3 is 10.1 Å². The predicted octanol–water partition coefficient (Wildman–Crippen LogP) is 4.08. The molecule has 1 N–H and O–H groups in total. The van der Waals surface area contributed by atoms with Gasteiger partial charge in [-0.3, -0.25) is 4.79 Å². The van der Waals surface area contributed by atoms with Crippen LogP contribution in [0.5, 0.6) is 5.75 Å². The molecule has 7 nitrogen and oxygen atoms in total. The van der Waals surface area contributed by atoms with Gasteiger partial charge in [-0.15, -0.1) is 0 Å². The maximum absolute atomic E-state index is 12.9. The number of hydrogen-bond donors (Lipinski definition) is 1. The lowest BCUT2D eigenvalue weighted by molar-refractivity contribution is 0.102. The number of nitrogens with zero attached hydrogens (tertiary/aromatic N) is 2. The maximum atomic E-state index is 12.9. The van der Waals surface area contributed by atoms with Crippen LogP contribution in [0, 0.1) is 5.92 Å². The topological polar surface area (TPSA) is 88.6 Å². The molecule has 2 aromatic rings. The SMILES string of the molecule is O=C(Nc1ncccc1OCC1CCCCC1)c1cccc(S(=O)(=O)N2CCCC2)c1. The number of amides is 1. The van der Waals surface area contributed by atoms with E-state index in [9.17, 15) is 13.2 Å². The summed E-state index contributed by atoms with van der Waals surface area (Å²) in [4.78, 5) is 17.3. The third kappa shape index (κ3) is 5.25. The van der Waals surface area contributed by atoms with Gasteiger partial charge in [0.25, 0.3) is 5.91 Å². The first-order valence-electron chi connectivity index (χ1n) is 11.0. The highest BCUT2D eigenvalue weighted by atomic mass is 32.2. The van der Waals surface area contributed by atoms with Crippen molar-refractivity contribution in [3.63, 3.8) is 0 Å². The van der Waals surface area contributed by atoms with Crippen molar-refractivity contribution in [2.24, 2.45) is 5.92 Å². The minimum absolute atomic E-state index is 0.136. The summed E-state index contributed by atoms with van der Waals surface area (Å²) in [5.41, 5.74) is 0.268. The fourth-order valence-electron chi connectivity index (χ4n) is 4.22. The lowest BCUT2D eigenvalue weighted by Crippen LogP contribution is -2.28. The lowest BCUT2D eigenvalue weighted by atomic mass is 9.90. The number of ether oxygens (including phenoxy) is 1. The number of sulfonamides is 1. The first-order valence-corrected chi connectivity index (χ1v) is 12.5. The van der Waals surface area contributed by atoms with E-state index < -0.39 is 15.9 Å². The average molecular weight is 444 g/mol. The van der Waals surface area contributed by atoms with Crippen LogP contribution >= 0.6 is 0 Å². The monoisotopic (exact) mass is 443 g/mol. The van der Waals surface area contributed by atoms with Crippen LogP contribution in [0.15, 0.2) is 47.5 Å². The second kappa shape index (κ2) is 9.78. The highest BCUT2D eigenvalue weighted by Crippen LogP contribution is 2.27. The van der Waals surface area contributed by atoms with Crippen molar-refractivity contribution >= 4 is 21.7 Å². The van der Waals surface area contributed by atoms with Gasteiger partial charge in [0.2, 0.25) is 10.0 Å². The summed E-state index contributed by atoms with van der Waals surface area (Å²) >= 11 is 0. The molecule has 2 fully saturated rings. The normalized spacial score (nSPS) is 18.1. The number of hydrogen-bond acceptors (Lipinski definition) is 5. The Morgan fingerprint density at radius 3 is 2.61 bits per heavy atom. The third-order valence-corrected chi connectivity index (χ3v) is 7.90. The Labute approximate surface area is 183 Å². The summed E-state index contributed by atoms with van der Waals surface area (Å²) in [5, 5.41) is 2.78. The number of aromatic nitrogens is 1. The fraction of sp³-hybridized carbons (Fsp3) is 0.478. The minimum Gasteiger partial charge on any atom is -0.489 e. The number of rotatable bonds is 7. The highest BCUT2D eigenvalue weighted by molar-refractivity contribution is 7.89. The van der Waals surface area contributed by atoms with Crippen LogP contribution in [-0.4, -0.2) is 43.3 Å². The standard InChI is InChI=1S/C23H29N3O4S/c27-23(19-10-6-11-20(16-19)31(28,29)26-14-4-5-15-26)25-22-21(12-7-13-24-22)30-17-18-8-2-1-3-9-18/h6-7,10-13,16,18H,1-5,8-9,14-15,17H2,(H,24,25,27). The van der Waals surface area contributed by atoms with Crippen molar-refractivity contribution in [2.45, 2.75) is 49.8 Å². The van der Waals surface area contributed by atoms with Gasteiger partial charge in [-0.1, -0.05) is 25.3 Å². The van der Waals surface area contributed by atoms with Crippen LogP contribution in [0.2, 0.25) is 0 Å². The number of anilines is 1. The van der Waals surface area contributed by atoms with Crippen molar-refractivity contribution in [3.05, 3.63) is 48.2 Å². The van der Waals surface area contributed by atoms with Crippen molar-refractivity contribution in [3.8, 4) is 5.75 Å². The molecule has 2 aliphatic rings. The summed E-state index contributed by atoms with van der Waals surface area (Å²) in [5.74, 6) is 0.989. The van der Waals surface area contributed by atoms with E-state index in [0.717, 1.165) is 12.8 Å². The maximum Gasteiger partial charge on any atom is 0.256 e. The van der Waals surface area contributed by atoms with E-state index in [-0.39, 0.29) is 10.5 Å². The second-order valence-electron chi connectivity index (χ2n) is 8.26. The molecule has 2 heterocycles. The zero-order valence-electron chi connectivity index (χ0n) is 17.6. The molecule has 0 spiro atoms. The number of nitrogens with one attached hydrogen (secondary N) is 1. The molecular weight excluding hydrogens is 414 g/mol. The fourth-order valence-corrected chi connectivity index (χ4v) is 5.78. The molecule has 166 valence electrons. The van der Waals surface area contributed by atoms with E-state index in [1.54, 1.807) is 30.5 Å². The van der Waals surface area contributed by atoms with Gasteiger partial charge in [-0.05, 0) is 61.9 Å². The predicted molar refractivity (Wildman–Crippen MR) is 119 cm³/mol. The Bertz CT molecular complexity index is 1010. The number of benzene rings is 1. The number of carbonyl (C=O) groups is 1. The van der Waals surface area contributed by atoms with E-state index >= 15 is 0 Å². The summed E-state index contributed by atoms with van der Waals surface area (Å²) < 4.78 is 33.1. The zero-order valence-corrected chi connectivity index (χ0v) is 18.4. The molecule has 1 saturated carbocycles. The summed E-state index contributed by atoms with van der Waals surface area (Å²) in [6.07, 6.45) is 9.42. The molecule has 4 rings (SSSR count). The van der Waals surface area contributed by atoms with Crippen LogP contribution in [0.1, 0.15) is 55.3 Å². The molecule has 0 radical (unpaired) electrons. The van der Waals surface area contributed by atoms with Gasteiger partial charge in [-0.25, -0.2) is 13.4 Å². The van der Waals surface area contributed by atoms with Gasteiger partial charge in [0.1, 0.15) is 0 Å². The molecule has 1 aromatic carbocycles. The quantitative estimate of drug-likeness (QED) is 0.697. The van der Waals surface area contributed by atoms with Gasteiger partial charge in [-0.2, -0.15) is 4.31 Å². The minimum atomic E-state index is -3.58. The highest BCUT2D eigenvalue weighted by Gasteiger charge is 2.27. The molecule has 1 aliphatic heterocycles. The second-order valence-corrected chi connectivity index (χ2v) is 10.2. The van der Waals surface area contributed by atoms with Crippen LogP contribution in [0.25, 0.3) is 0 Å². The van der Waals surface area contributed by atoms with Crippen LogP contribution in [0.3, 0.4) is 0 Å². The zero-order chi connectivity index (χ0) is 21.7. The van der Waals surface area contributed by atoms with E-state index in [1.807, 2.05) is 0 Å². The van der Waals surface area contributed by atoms with Gasteiger partial charge >= 0.3 is 0 Å². The molecule has 0 bridgehead atoms.